The second-order valence-corrected chi connectivity index (χ2v) is 7.94. The lowest BCUT2D eigenvalue weighted by Gasteiger charge is -2.21. The third-order valence-electron chi connectivity index (χ3n) is 5.93. The van der Waals surface area contributed by atoms with Gasteiger partial charge in [-0.3, -0.25) is 24.4 Å². The van der Waals surface area contributed by atoms with E-state index in [2.05, 4.69) is 15.8 Å². The van der Waals surface area contributed by atoms with Gasteiger partial charge >= 0.3 is 5.97 Å². The van der Waals surface area contributed by atoms with Gasteiger partial charge < -0.3 is 9.30 Å². The van der Waals surface area contributed by atoms with E-state index in [1.165, 1.54) is 4.57 Å². The lowest BCUT2D eigenvalue weighted by molar-refractivity contribution is -0.149. The lowest BCUT2D eigenvalue weighted by Crippen LogP contribution is -2.38. The maximum absolute atomic E-state index is 13.3. The molecule has 1 aliphatic carbocycles. The van der Waals surface area contributed by atoms with Crippen LogP contribution in [0.5, 0.6) is 0 Å². The van der Waals surface area contributed by atoms with E-state index < -0.39 is 12.1 Å². The summed E-state index contributed by atoms with van der Waals surface area (Å²) in [5, 5.41) is 0.777. The Hall–Kier alpha value is -3.04. The van der Waals surface area contributed by atoms with E-state index in [9.17, 15) is 14.4 Å². The fraction of sp³-hybridized carbons (Fsp3) is 0.429. The molecule has 3 atom stereocenters. The van der Waals surface area contributed by atoms with Gasteiger partial charge in [-0.2, -0.15) is 0 Å². The van der Waals surface area contributed by atoms with Crippen LogP contribution in [0.3, 0.4) is 0 Å². The first-order chi connectivity index (χ1) is 14.5. The largest absolute Gasteiger partial charge is 0.466 e. The van der Waals surface area contributed by atoms with Gasteiger partial charge in [0, 0.05) is 24.5 Å². The highest BCUT2D eigenvalue weighted by atomic mass is 16.5. The topological polar surface area (TPSA) is 107 Å². The number of pyridine rings is 3. The predicted molar refractivity (Wildman–Crippen MR) is 111 cm³/mol. The Morgan fingerprint density at radius 3 is 2.37 bits per heavy atom. The molecule has 5 rings (SSSR count). The number of aromatic nitrogens is 3. The summed E-state index contributed by atoms with van der Waals surface area (Å²) in [5.41, 5.74) is 6.68. The van der Waals surface area contributed by atoms with Crippen molar-refractivity contribution in [1.29, 1.82) is 0 Å². The Labute approximate surface area is 171 Å². The van der Waals surface area contributed by atoms with Crippen molar-refractivity contribution in [2.75, 3.05) is 6.61 Å². The smallest absolute Gasteiger partial charge is 0.314 e. The lowest BCUT2D eigenvalue weighted by atomic mass is 10.00. The van der Waals surface area contributed by atoms with Gasteiger partial charge in [0.1, 0.15) is 12.1 Å². The second-order valence-electron chi connectivity index (χ2n) is 7.94. The molecule has 30 heavy (non-hydrogen) atoms. The molecule has 156 valence electrons. The number of carbonyl (C=O) groups excluding carboxylic acids is 1. The third-order valence-corrected chi connectivity index (χ3v) is 5.93. The number of fused-ring (bicyclic) bond motifs is 2. The average molecular weight is 409 g/mol. The molecule has 3 aromatic heterocycles. The molecule has 1 saturated carbocycles. The zero-order valence-electron chi connectivity index (χ0n) is 16.8. The van der Waals surface area contributed by atoms with Gasteiger partial charge in [-0.05, 0) is 44.9 Å². The van der Waals surface area contributed by atoms with Gasteiger partial charge in [-0.15, -0.1) is 0 Å². The van der Waals surface area contributed by atoms with Crippen LogP contribution in [-0.2, 0) is 9.53 Å². The number of hydrogen-bond donors (Lipinski definition) is 2. The molecule has 0 aromatic carbocycles. The highest BCUT2D eigenvalue weighted by molar-refractivity contribution is 5.91. The van der Waals surface area contributed by atoms with Gasteiger partial charge in [0.25, 0.3) is 11.1 Å². The molecule has 1 aliphatic heterocycles. The number of nitrogens with one attached hydrogen (secondary N) is 2. The molecular weight excluding hydrogens is 386 g/mol. The maximum Gasteiger partial charge on any atom is 0.314 e. The summed E-state index contributed by atoms with van der Waals surface area (Å²) >= 11 is 0. The fourth-order valence-electron chi connectivity index (χ4n) is 4.20. The second kappa shape index (κ2) is 7.03. The van der Waals surface area contributed by atoms with Crippen LogP contribution in [0, 0.1) is 5.92 Å². The van der Waals surface area contributed by atoms with Crippen LogP contribution >= 0.6 is 0 Å². The predicted octanol–water partition coefficient (Wildman–Crippen LogP) is 1.22. The van der Waals surface area contributed by atoms with Crippen molar-refractivity contribution in [1.82, 2.24) is 25.0 Å². The molecule has 2 N–H and O–H groups in total. The number of ether oxygens (including phenoxy) is 1. The minimum absolute atomic E-state index is 0.127. The normalized spacial score (nSPS) is 23.9. The van der Waals surface area contributed by atoms with Crippen molar-refractivity contribution in [2.45, 2.75) is 44.9 Å². The number of rotatable bonds is 4. The average Bonchev–Trinajstić information content (AvgIpc) is 3.49. The molecule has 2 fully saturated rings. The Kier molecular flexibility index (Phi) is 4.44. The van der Waals surface area contributed by atoms with Crippen LogP contribution in [-0.4, -0.2) is 32.7 Å². The number of nitrogens with zero attached hydrogens (tertiary/aromatic N) is 3. The first-order valence-corrected chi connectivity index (χ1v) is 10.2. The van der Waals surface area contributed by atoms with E-state index in [1.54, 1.807) is 36.0 Å². The van der Waals surface area contributed by atoms with E-state index in [0.717, 1.165) is 12.8 Å². The van der Waals surface area contributed by atoms with Crippen LogP contribution in [0.1, 0.15) is 38.9 Å². The SMILES string of the molecule is CCOC(=O)C1C(C)NNC1n1ccc2nc3ccn(C4CC4)c(=O)c3cc2c1=O. The van der Waals surface area contributed by atoms with E-state index in [4.69, 9.17) is 4.74 Å². The summed E-state index contributed by atoms with van der Waals surface area (Å²) in [4.78, 5) is 43.2. The summed E-state index contributed by atoms with van der Waals surface area (Å²) in [7, 11) is 0. The highest BCUT2D eigenvalue weighted by Gasteiger charge is 2.41. The molecule has 1 saturated heterocycles. The highest BCUT2D eigenvalue weighted by Crippen LogP contribution is 2.33. The third kappa shape index (κ3) is 2.93. The first-order valence-electron chi connectivity index (χ1n) is 10.2. The van der Waals surface area contributed by atoms with Crippen LogP contribution in [0.15, 0.2) is 40.2 Å². The Morgan fingerprint density at radius 2 is 1.73 bits per heavy atom. The van der Waals surface area contributed by atoms with Crippen LogP contribution in [0.25, 0.3) is 21.8 Å². The van der Waals surface area contributed by atoms with Gasteiger partial charge in [0.05, 0.1) is 28.4 Å². The van der Waals surface area contributed by atoms with E-state index >= 15 is 0 Å². The van der Waals surface area contributed by atoms with E-state index in [1.807, 2.05) is 13.0 Å². The van der Waals surface area contributed by atoms with Crippen molar-refractivity contribution in [3.63, 3.8) is 0 Å². The fourth-order valence-corrected chi connectivity index (χ4v) is 4.20. The van der Waals surface area contributed by atoms with Crippen molar-refractivity contribution < 1.29 is 9.53 Å². The molecule has 4 heterocycles. The molecule has 3 unspecified atom stereocenters. The van der Waals surface area contributed by atoms with E-state index in [0.29, 0.717) is 21.8 Å². The van der Waals surface area contributed by atoms with Crippen LogP contribution < -0.4 is 22.0 Å². The summed E-state index contributed by atoms with van der Waals surface area (Å²) < 4.78 is 8.39. The Balaban J connectivity index is 1.65. The number of hydrogen-bond acceptors (Lipinski definition) is 7. The van der Waals surface area contributed by atoms with Gasteiger partial charge in [0.15, 0.2) is 0 Å². The van der Waals surface area contributed by atoms with Crippen molar-refractivity contribution in [3.05, 3.63) is 51.3 Å². The monoisotopic (exact) mass is 409 g/mol. The molecule has 9 nitrogen and oxygen atoms in total. The summed E-state index contributed by atoms with van der Waals surface area (Å²) in [6.07, 6.45) is 4.78. The van der Waals surface area contributed by atoms with Crippen molar-refractivity contribution in [2.24, 2.45) is 5.92 Å². The quantitative estimate of drug-likeness (QED) is 0.493. The standard InChI is InChI=1S/C21H23N5O4/c1-3-30-21(29)17-11(2)23-24-18(17)26-9-7-16-14(20(26)28)10-13-15(22-16)6-8-25(19(13)27)12-4-5-12/h6-12,17-18,23-24H,3-5H2,1-2H3. The molecule has 3 aromatic rings. The van der Waals surface area contributed by atoms with Crippen molar-refractivity contribution >= 4 is 27.8 Å². The number of carbonyl (C=O) groups is 1. The first kappa shape index (κ1) is 19.0. The van der Waals surface area contributed by atoms with Gasteiger partial charge in [-0.25, -0.2) is 10.4 Å². The zero-order valence-corrected chi connectivity index (χ0v) is 16.8. The van der Waals surface area contributed by atoms with Crippen LogP contribution in [0.4, 0.5) is 0 Å². The van der Waals surface area contributed by atoms with Crippen LogP contribution in [0.2, 0.25) is 0 Å². The van der Waals surface area contributed by atoms with Gasteiger partial charge in [-0.1, -0.05) is 0 Å². The molecule has 0 radical (unpaired) electrons. The minimum Gasteiger partial charge on any atom is -0.466 e. The summed E-state index contributed by atoms with van der Waals surface area (Å²) in [5.74, 6) is -0.941. The molecule has 0 amide bonds. The van der Waals surface area contributed by atoms with E-state index in [-0.39, 0.29) is 35.8 Å². The molecule has 0 bridgehead atoms. The number of hydrazine groups is 1. The summed E-state index contributed by atoms with van der Waals surface area (Å²) in [6, 6.07) is 5.21. The molecular formula is C21H23N5O4. The molecule has 9 heteroatoms. The Morgan fingerprint density at radius 1 is 1.10 bits per heavy atom. The molecule has 2 aliphatic rings. The zero-order chi connectivity index (χ0) is 21.0. The van der Waals surface area contributed by atoms with Gasteiger partial charge in [0.2, 0.25) is 0 Å². The summed E-state index contributed by atoms with van der Waals surface area (Å²) in [6.45, 7) is 3.88. The number of esters is 1. The minimum atomic E-state index is -0.606. The molecule has 0 spiro atoms. The van der Waals surface area contributed by atoms with Crippen molar-refractivity contribution in [3.8, 4) is 0 Å². The maximum atomic E-state index is 13.3. The Bertz CT molecular complexity index is 1280.